The Kier molecular flexibility index (Phi) is 4.75. The number of sulfone groups is 1. The molecule has 1 fully saturated rings. The lowest BCUT2D eigenvalue weighted by Gasteiger charge is -2.29. The smallest absolute Gasteiger partial charge is 0.208 e. The van der Waals surface area contributed by atoms with E-state index in [1.807, 2.05) is 6.07 Å². The molecule has 0 bridgehead atoms. The first kappa shape index (κ1) is 16.8. The Morgan fingerprint density at radius 3 is 2.29 bits per heavy atom. The van der Waals surface area contributed by atoms with Gasteiger partial charge in [0.15, 0.2) is 0 Å². The van der Waals surface area contributed by atoms with Crippen molar-refractivity contribution < 1.29 is 8.42 Å². The number of hydrogen-bond acceptors (Lipinski definition) is 6. The summed E-state index contributed by atoms with van der Waals surface area (Å²) in [7, 11) is -3.64. The molecule has 24 heavy (non-hydrogen) atoms. The summed E-state index contributed by atoms with van der Waals surface area (Å²) in [5.41, 5.74) is 13.7. The summed E-state index contributed by atoms with van der Waals surface area (Å²) in [5, 5.41) is 3.29. The molecule has 5 N–H and O–H groups in total. The van der Waals surface area contributed by atoms with E-state index in [1.54, 1.807) is 36.4 Å². The van der Waals surface area contributed by atoms with Gasteiger partial charge < -0.3 is 21.7 Å². The Morgan fingerprint density at radius 1 is 1.04 bits per heavy atom. The molecular formula is C17H22N4O2S. The van der Waals surface area contributed by atoms with Gasteiger partial charge in [-0.15, -0.1) is 0 Å². The van der Waals surface area contributed by atoms with Crippen molar-refractivity contribution in [1.82, 2.24) is 5.32 Å². The van der Waals surface area contributed by atoms with Crippen LogP contribution in [0.2, 0.25) is 0 Å². The van der Waals surface area contributed by atoms with Crippen LogP contribution in [0.5, 0.6) is 0 Å². The van der Waals surface area contributed by atoms with E-state index >= 15 is 0 Å². The molecule has 1 heterocycles. The van der Waals surface area contributed by atoms with E-state index in [1.165, 1.54) is 0 Å². The standard InChI is InChI=1S/C17H22N4O2S/c18-12-13-1-4-15(5-2-13)24(22,23)17-6-3-14(11-16(17)19)21-9-7-20-8-10-21/h1-6,11,20H,7-10,12,18-19H2. The maximum atomic E-state index is 12.8. The fourth-order valence-electron chi connectivity index (χ4n) is 2.83. The van der Waals surface area contributed by atoms with Crippen molar-refractivity contribution in [1.29, 1.82) is 0 Å². The predicted molar refractivity (Wildman–Crippen MR) is 95.7 cm³/mol. The van der Waals surface area contributed by atoms with Crippen molar-refractivity contribution in [2.75, 3.05) is 36.8 Å². The first-order valence-corrected chi connectivity index (χ1v) is 9.40. The molecule has 1 aliphatic rings. The largest absolute Gasteiger partial charge is 0.398 e. The molecule has 2 aromatic carbocycles. The van der Waals surface area contributed by atoms with Crippen LogP contribution >= 0.6 is 0 Å². The third-order valence-corrected chi connectivity index (χ3v) is 6.08. The first-order chi connectivity index (χ1) is 11.5. The molecule has 0 radical (unpaired) electrons. The van der Waals surface area contributed by atoms with Gasteiger partial charge in [0.05, 0.1) is 15.5 Å². The molecule has 0 spiro atoms. The Labute approximate surface area is 142 Å². The van der Waals surface area contributed by atoms with E-state index in [4.69, 9.17) is 11.5 Å². The number of nitrogens with two attached hydrogens (primary N) is 2. The molecule has 0 unspecified atom stereocenters. The fraction of sp³-hybridized carbons (Fsp3) is 0.294. The molecule has 1 saturated heterocycles. The van der Waals surface area contributed by atoms with E-state index in [-0.39, 0.29) is 15.5 Å². The minimum atomic E-state index is -3.64. The minimum absolute atomic E-state index is 0.141. The Bertz CT molecular complexity index is 813. The molecule has 0 aromatic heterocycles. The van der Waals surface area contributed by atoms with E-state index in [0.29, 0.717) is 6.54 Å². The summed E-state index contributed by atoms with van der Waals surface area (Å²) in [6.07, 6.45) is 0. The van der Waals surface area contributed by atoms with Gasteiger partial charge in [-0.2, -0.15) is 0 Å². The van der Waals surface area contributed by atoms with Gasteiger partial charge in [-0.25, -0.2) is 8.42 Å². The molecule has 2 aromatic rings. The van der Waals surface area contributed by atoms with Crippen LogP contribution in [-0.4, -0.2) is 34.6 Å². The van der Waals surface area contributed by atoms with Crippen LogP contribution < -0.4 is 21.7 Å². The molecule has 0 saturated carbocycles. The maximum Gasteiger partial charge on any atom is 0.208 e. The highest BCUT2D eigenvalue weighted by atomic mass is 32.2. The maximum absolute atomic E-state index is 12.8. The molecule has 3 rings (SSSR count). The Hall–Kier alpha value is -2.09. The molecule has 7 heteroatoms. The van der Waals surface area contributed by atoms with Crippen LogP contribution in [0.15, 0.2) is 52.3 Å². The normalized spacial score (nSPS) is 15.5. The topological polar surface area (TPSA) is 101 Å². The third kappa shape index (κ3) is 3.24. The van der Waals surface area contributed by atoms with E-state index < -0.39 is 9.84 Å². The van der Waals surface area contributed by atoms with Gasteiger partial charge >= 0.3 is 0 Å². The summed E-state index contributed by atoms with van der Waals surface area (Å²) in [6.45, 7) is 3.96. The highest BCUT2D eigenvalue weighted by molar-refractivity contribution is 7.91. The Morgan fingerprint density at radius 2 is 1.71 bits per heavy atom. The van der Waals surface area contributed by atoms with Crippen LogP contribution in [0.3, 0.4) is 0 Å². The summed E-state index contributed by atoms with van der Waals surface area (Å²) in [6, 6.07) is 11.7. The summed E-state index contributed by atoms with van der Waals surface area (Å²) in [4.78, 5) is 2.56. The second-order valence-corrected chi connectivity index (χ2v) is 7.73. The second kappa shape index (κ2) is 6.80. The van der Waals surface area contributed by atoms with Gasteiger partial charge in [-0.05, 0) is 35.9 Å². The van der Waals surface area contributed by atoms with Crippen molar-refractivity contribution in [3.05, 3.63) is 48.0 Å². The van der Waals surface area contributed by atoms with Crippen molar-refractivity contribution >= 4 is 21.2 Å². The van der Waals surface area contributed by atoms with E-state index in [0.717, 1.165) is 37.4 Å². The number of nitrogens with zero attached hydrogens (tertiary/aromatic N) is 1. The average Bonchev–Trinajstić information content (AvgIpc) is 2.62. The Balaban J connectivity index is 1.92. The van der Waals surface area contributed by atoms with Crippen LogP contribution in [0.4, 0.5) is 11.4 Å². The highest BCUT2D eigenvalue weighted by Gasteiger charge is 2.21. The van der Waals surface area contributed by atoms with Crippen LogP contribution in [0, 0.1) is 0 Å². The van der Waals surface area contributed by atoms with Gasteiger partial charge in [-0.3, -0.25) is 0 Å². The zero-order valence-corrected chi connectivity index (χ0v) is 14.2. The van der Waals surface area contributed by atoms with Crippen LogP contribution in [0.1, 0.15) is 5.56 Å². The molecule has 128 valence electrons. The number of benzene rings is 2. The fourth-order valence-corrected chi connectivity index (χ4v) is 4.20. The lowest BCUT2D eigenvalue weighted by atomic mass is 10.2. The van der Waals surface area contributed by atoms with Crippen molar-refractivity contribution in [2.45, 2.75) is 16.3 Å². The summed E-state index contributed by atoms with van der Waals surface area (Å²) >= 11 is 0. The average molecular weight is 346 g/mol. The molecule has 0 aliphatic carbocycles. The van der Waals surface area contributed by atoms with Gasteiger partial charge in [0.1, 0.15) is 0 Å². The second-order valence-electron chi connectivity index (χ2n) is 5.81. The van der Waals surface area contributed by atoms with Crippen molar-refractivity contribution in [2.24, 2.45) is 5.73 Å². The van der Waals surface area contributed by atoms with E-state index in [2.05, 4.69) is 10.2 Å². The lowest BCUT2D eigenvalue weighted by molar-refractivity contribution is 0.588. The predicted octanol–water partition coefficient (Wildman–Crippen LogP) is 0.970. The first-order valence-electron chi connectivity index (χ1n) is 7.91. The zero-order chi connectivity index (χ0) is 17.2. The number of nitrogen functional groups attached to an aromatic ring is 1. The molecule has 6 nitrogen and oxygen atoms in total. The van der Waals surface area contributed by atoms with Crippen LogP contribution in [0.25, 0.3) is 0 Å². The van der Waals surface area contributed by atoms with Gasteiger partial charge in [0, 0.05) is 38.4 Å². The SMILES string of the molecule is NCc1ccc(S(=O)(=O)c2ccc(N3CCNCC3)cc2N)cc1. The van der Waals surface area contributed by atoms with Crippen molar-refractivity contribution in [3.8, 4) is 0 Å². The number of rotatable bonds is 4. The van der Waals surface area contributed by atoms with Gasteiger partial charge in [0.25, 0.3) is 0 Å². The number of piperazine rings is 1. The number of hydrogen-bond donors (Lipinski definition) is 3. The summed E-state index contributed by atoms with van der Waals surface area (Å²) < 4.78 is 25.6. The number of anilines is 2. The molecule has 0 atom stereocenters. The summed E-state index contributed by atoms with van der Waals surface area (Å²) in [5.74, 6) is 0. The highest BCUT2D eigenvalue weighted by Crippen LogP contribution is 2.29. The molecule has 0 amide bonds. The minimum Gasteiger partial charge on any atom is -0.398 e. The third-order valence-electron chi connectivity index (χ3n) is 4.23. The molecule has 1 aliphatic heterocycles. The monoisotopic (exact) mass is 346 g/mol. The lowest BCUT2D eigenvalue weighted by Crippen LogP contribution is -2.43. The van der Waals surface area contributed by atoms with E-state index in [9.17, 15) is 8.42 Å². The number of nitrogens with one attached hydrogen (secondary N) is 1. The zero-order valence-electron chi connectivity index (χ0n) is 13.4. The molecular weight excluding hydrogens is 324 g/mol. The van der Waals surface area contributed by atoms with Gasteiger partial charge in [0.2, 0.25) is 9.84 Å². The van der Waals surface area contributed by atoms with Gasteiger partial charge in [-0.1, -0.05) is 12.1 Å². The van der Waals surface area contributed by atoms with Crippen LogP contribution in [-0.2, 0) is 16.4 Å². The van der Waals surface area contributed by atoms with Crippen molar-refractivity contribution in [3.63, 3.8) is 0 Å². The quantitative estimate of drug-likeness (QED) is 0.713.